The first kappa shape index (κ1) is 48.8. The van der Waals surface area contributed by atoms with Crippen LogP contribution in [0.15, 0.2) is 134 Å². The van der Waals surface area contributed by atoms with E-state index >= 15 is 0 Å². The first-order chi connectivity index (χ1) is 28.1. The molecule has 0 bridgehead atoms. The molecule has 7 nitrogen and oxygen atoms in total. The molecule has 60 heavy (non-hydrogen) atoms. The van der Waals surface area contributed by atoms with E-state index in [1.165, 1.54) is 88.0 Å². The van der Waals surface area contributed by atoms with E-state index in [0.717, 1.165) is 45.2 Å². The molecule has 0 spiro atoms. The van der Waals surface area contributed by atoms with Crippen molar-refractivity contribution in [3.8, 4) is 33.9 Å². The van der Waals surface area contributed by atoms with Crippen molar-refractivity contribution in [2.45, 2.75) is 101 Å². The predicted molar refractivity (Wildman–Crippen MR) is 236 cm³/mol. The molecule has 13 heteroatoms. The van der Waals surface area contributed by atoms with Crippen LogP contribution < -0.4 is 5.44 Å². The van der Waals surface area contributed by atoms with Crippen LogP contribution in [-0.2, 0) is 37.0 Å². The number of hydrogen-bond donors (Lipinski definition) is 0. The Morgan fingerprint density at radius 1 is 0.683 bits per heavy atom. The van der Waals surface area contributed by atoms with E-state index in [2.05, 4.69) is 150 Å². The Labute approximate surface area is 369 Å². The average molecular weight is 950 g/mol. The molecule has 0 unspecified atom stereocenters. The fraction of sp³-hybridized carbons (Fsp3) is 0.340. The van der Waals surface area contributed by atoms with Crippen molar-refractivity contribution < 1.29 is 46.6 Å². The van der Waals surface area contributed by atoms with Gasteiger partial charge in [-0.2, -0.15) is 28.1 Å². The molecule has 8 rings (SSSR count). The normalized spacial score (nSPS) is 14.8. The van der Waals surface area contributed by atoms with Crippen LogP contribution in [0, 0.1) is 7.43 Å². The number of alkyl halides is 3. The molecular weight excluding hydrogens is 895 g/mol. The minimum Gasteiger partial charge on any atom is -0.741 e. The maximum atomic E-state index is 10.7. The van der Waals surface area contributed by atoms with Crippen LogP contribution >= 0.6 is 7.92 Å². The smallest absolute Gasteiger partial charge is 0.741 e. The fourth-order valence-corrected chi connectivity index (χ4v) is 12.5. The molecule has 0 atom stereocenters. The third kappa shape index (κ3) is 12.6. The number of halogens is 3. The second-order valence-electron chi connectivity index (χ2n) is 14.9. The van der Waals surface area contributed by atoms with E-state index in [4.69, 9.17) is 23.2 Å². The molecule has 0 radical (unpaired) electrons. The number of rotatable bonds is 9. The maximum Gasteiger partial charge on any atom is 2.00 e. The Bertz CT molecular complexity index is 2230. The summed E-state index contributed by atoms with van der Waals surface area (Å²) < 4.78 is 63.4. The van der Waals surface area contributed by atoms with Gasteiger partial charge in [0, 0.05) is 17.2 Å². The van der Waals surface area contributed by atoms with Crippen LogP contribution in [0.25, 0.3) is 33.9 Å². The average Bonchev–Trinajstić information content (AvgIpc) is 3.88. The fourth-order valence-electron chi connectivity index (χ4n) is 8.22. The van der Waals surface area contributed by atoms with Gasteiger partial charge in [-0.05, 0) is 75.5 Å². The van der Waals surface area contributed by atoms with Crippen LogP contribution in [0.1, 0.15) is 83.1 Å². The predicted octanol–water partition coefficient (Wildman–Crippen LogP) is 12.0. The second-order valence-corrected chi connectivity index (χ2v) is 19.3. The number of hydrogen-bond acceptors (Lipinski definition) is 5. The number of benzene rings is 4. The minimum absolute atomic E-state index is 0. The van der Waals surface area contributed by atoms with Crippen LogP contribution in [0.5, 0.6) is 0 Å². The van der Waals surface area contributed by atoms with Crippen molar-refractivity contribution in [3.05, 3.63) is 147 Å². The van der Waals surface area contributed by atoms with Gasteiger partial charge in [-0.15, -0.1) is 0 Å². The second kappa shape index (κ2) is 23.3. The van der Waals surface area contributed by atoms with Crippen molar-refractivity contribution in [2.24, 2.45) is 0 Å². The Hall–Kier alpha value is -3.91. The quantitative estimate of drug-likeness (QED) is 0.0473. The molecule has 6 aromatic rings. The third-order valence-electron chi connectivity index (χ3n) is 10.9. The van der Waals surface area contributed by atoms with E-state index in [1.54, 1.807) is 0 Å². The zero-order chi connectivity index (χ0) is 41.0. The molecule has 0 aliphatic heterocycles. The first-order valence-electron chi connectivity index (χ1n) is 20.3. The van der Waals surface area contributed by atoms with Crippen molar-refractivity contribution in [2.75, 3.05) is 0 Å². The van der Waals surface area contributed by atoms with Crippen molar-refractivity contribution >= 4 is 23.5 Å². The summed E-state index contributed by atoms with van der Waals surface area (Å²) in [5.41, 5.74) is 5.50. The number of para-hydroxylation sites is 1. The summed E-state index contributed by atoms with van der Waals surface area (Å²) in [6.45, 7) is 2.20. The van der Waals surface area contributed by atoms with Crippen LogP contribution in [0.2, 0.25) is 0 Å². The minimum atomic E-state index is -6.09. The van der Waals surface area contributed by atoms with Gasteiger partial charge in [-0.25, -0.2) is 13.1 Å². The summed E-state index contributed by atoms with van der Waals surface area (Å²) in [4.78, 5) is 0. The molecule has 0 N–H and O–H groups in total. The summed E-state index contributed by atoms with van der Waals surface area (Å²) >= 11 is 0. The van der Waals surface area contributed by atoms with E-state index in [1.807, 2.05) is 0 Å². The summed E-state index contributed by atoms with van der Waals surface area (Å²) in [5.74, 6) is 0. The molecule has 2 aliphatic rings. The molecule has 2 saturated carbocycles. The molecule has 2 aromatic heterocycles. The Morgan fingerprint density at radius 2 is 1.13 bits per heavy atom. The van der Waals surface area contributed by atoms with Gasteiger partial charge in [-0.1, -0.05) is 135 Å². The van der Waals surface area contributed by atoms with Gasteiger partial charge in [0.15, 0.2) is 15.6 Å². The van der Waals surface area contributed by atoms with Gasteiger partial charge in [-0.3, -0.25) is 0 Å². The topological polar surface area (TPSA) is 92.8 Å². The molecule has 2 heterocycles. The first-order valence-corrected chi connectivity index (χ1v) is 23.4. The van der Waals surface area contributed by atoms with Crippen LogP contribution in [0.4, 0.5) is 13.2 Å². The molecule has 322 valence electrons. The van der Waals surface area contributed by atoms with E-state index in [-0.39, 0.29) is 27.8 Å². The van der Waals surface area contributed by atoms with Crippen molar-refractivity contribution in [1.82, 2.24) is 19.6 Å². The zero-order valence-electron chi connectivity index (χ0n) is 34.2. The van der Waals surface area contributed by atoms with Gasteiger partial charge in [0.05, 0.1) is 31.1 Å². The van der Waals surface area contributed by atoms with Gasteiger partial charge in [0.1, 0.15) is 17.1 Å². The van der Waals surface area contributed by atoms with Gasteiger partial charge < -0.3 is 12.0 Å². The van der Waals surface area contributed by atoms with E-state index < -0.39 is 23.5 Å². The number of aromatic nitrogens is 4. The zero-order valence-corrected chi connectivity index (χ0v) is 37.6. The molecule has 0 amide bonds. The largest absolute Gasteiger partial charge is 2.00 e. The molecule has 0 saturated heterocycles. The monoisotopic (exact) mass is 949 g/mol. The maximum absolute atomic E-state index is 10.7. The third-order valence-corrected chi connectivity index (χ3v) is 15.3. The Morgan fingerprint density at radius 3 is 1.60 bits per heavy atom. The van der Waals surface area contributed by atoms with Gasteiger partial charge >= 0.3 is 25.9 Å². The van der Waals surface area contributed by atoms with Gasteiger partial charge in [0.2, 0.25) is 0 Å². The summed E-state index contributed by atoms with van der Waals surface area (Å²) in [6.07, 6.45) is 18.4. The summed E-state index contributed by atoms with van der Waals surface area (Å²) in [7, 11) is -6.93. The van der Waals surface area contributed by atoms with E-state index in [9.17, 15) is 13.2 Å². The summed E-state index contributed by atoms with van der Waals surface area (Å²) in [6, 6.07) is 45.0. The summed E-state index contributed by atoms with van der Waals surface area (Å²) in [5, 5.41) is 10.5. The molecule has 2 aliphatic carbocycles. The van der Waals surface area contributed by atoms with Crippen molar-refractivity contribution in [1.29, 1.82) is 0 Å². The molecular formula is C47H55F3N4O3PPdS+. The van der Waals surface area contributed by atoms with Crippen LogP contribution in [0.3, 0.4) is 0 Å². The van der Waals surface area contributed by atoms with Crippen LogP contribution in [-0.4, -0.2) is 49.4 Å². The number of aryl methyl sites for hydroxylation is 1. The standard InChI is InChI=1S/C36H39N4P.C9H12.CHF3O3S.CH3.Pd/c1-6-16-28(17-7-1)34-36(35(29-18-8-2-9-19-29)39(38-34)30-20-10-3-11-21-30)40-33(26-27-37-40)41(31-22-12-4-13-23-31)32-24-14-5-15-25-32;1-2-6-9-7-4-3-5-8-9;2-1(3,4)8(5,6)7;;/h1-3,6-11,16-21,26-27,31-32H,4-5,12-15,22-25H2;3-5,7-8H,2,6H2,1H3;(H,5,6,7);1H3;/q;;;-1;+2. The van der Waals surface area contributed by atoms with Crippen molar-refractivity contribution in [3.63, 3.8) is 0 Å². The Kier molecular flexibility index (Phi) is 19.0. The SMILES string of the molecule is CCCc1ccccc1.O=S(=O)([O-])C(F)(F)F.[CH3-].[Pd+2].c1ccc(-c2nn(-c3ccccc3)c(-c3ccccc3)c2-n2nccc2[PH+](C2CCCCC2)C2CCCCC2)cc1. The van der Waals surface area contributed by atoms with E-state index in [0.29, 0.717) is 0 Å². The molecule has 4 aromatic carbocycles. The molecule has 2 fully saturated rings. The van der Waals surface area contributed by atoms with Gasteiger partial charge in [0.25, 0.3) is 0 Å². The Balaban J connectivity index is 0.000000351. The number of nitrogens with zero attached hydrogens (tertiary/aromatic N) is 4.